The van der Waals surface area contributed by atoms with E-state index in [0.717, 1.165) is 5.56 Å². The van der Waals surface area contributed by atoms with Crippen molar-refractivity contribution in [3.05, 3.63) is 70.0 Å². The lowest BCUT2D eigenvalue weighted by molar-refractivity contribution is 0.103. The minimum Gasteiger partial charge on any atom is -0.321 e. The molecule has 3 rings (SSSR count). The highest BCUT2D eigenvalue weighted by Crippen LogP contribution is 2.26. The Morgan fingerprint density at radius 2 is 1.76 bits per heavy atom. The van der Waals surface area contributed by atoms with E-state index in [1.807, 2.05) is 30.3 Å². The van der Waals surface area contributed by atoms with E-state index in [9.17, 15) is 4.79 Å². The third kappa shape index (κ3) is 3.12. The fourth-order valence-corrected chi connectivity index (χ4v) is 2.76. The summed E-state index contributed by atoms with van der Waals surface area (Å²) in [4.78, 5) is 17.3. The zero-order valence-electron chi connectivity index (χ0n) is 10.9. The lowest BCUT2D eigenvalue weighted by Crippen LogP contribution is -2.11. The third-order valence-electron chi connectivity index (χ3n) is 2.92. The highest BCUT2D eigenvalue weighted by Gasteiger charge is 2.16. The summed E-state index contributed by atoms with van der Waals surface area (Å²) in [7, 11) is 0. The largest absolute Gasteiger partial charge is 0.321 e. The van der Waals surface area contributed by atoms with Crippen molar-refractivity contribution in [3.8, 4) is 11.3 Å². The molecule has 0 saturated heterocycles. The number of aromatic nitrogens is 1. The summed E-state index contributed by atoms with van der Waals surface area (Å²) in [5.41, 5.74) is 4.02. The topological polar surface area (TPSA) is 42.0 Å². The van der Waals surface area contributed by atoms with E-state index in [2.05, 4.69) is 10.3 Å². The summed E-state index contributed by atoms with van der Waals surface area (Å²) < 4.78 is 0. The van der Waals surface area contributed by atoms with Crippen LogP contribution in [0.4, 0.5) is 5.69 Å². The first-order chi connectivity index (χ1) is 10.2. The fraction of sp³-hybridized carbons (Fsp3) is 0. The minimum atomic E-state index is -0.168. The quantitative estimate of drug-likeness (QED) is 0.760. The van der Waals surface area contributed by atoms with Crippen LogP contribution in [0.3, 0.4) is 0 Å². The standard InChI is InChI=1S/C16H11ClN2OS/c17-12-6-8-13(9-7-12)19-16(20)15-14(18-10-21-15)11-4-2-1-3-5-11/h1-10H,(H,19,20). The van der Waals surface area contributed by atoms with Gasteiger partial charge in [-0.25, -0.2) is 4.98 Å². The zero-order valence-corrected chi connectivity index (χ0v) is 12.5. The maximum Gasteiger partial charge on any atom is 0.268 e. The van der Waals surface area contributed by atoms with Crippen LogP contribution >= 0.6 is 22.9 Å². The number of nitrogens with zero attached hydrogens (tertiary/aromatic N) is 1. The van der Waals surface area contributed by atoms with E-state index < -0.39 is 0 Å². The highest BCUT2D eigenvalue weighted by molar-refractivity contribution is 7.12. The highest BCUT2D eigenvalue weighted by atomic mass is 35.5. The van der Waals surface area contributed by atoms with Gasteiger partial charge in [-0.3, -0.25) is 4.79 Å². The molecule has 0 aliphatic rings. The van der Waals surface area contributed by atoms with Gasteiger partial charge in [0.1, 0.15) is 4.88 Å². The molecular weight excluding hydrogens is 304 g/mol. The monoisotopic (exact) mass is 314 g/mol. The van der Waals surface area contributed by atoms with Crippen LogP contribution in [0.15, 0.2) is 60.1 Å². The number of hydrogen-bond acceptors (Lipinski definition) is 3. The van der Waals surface area contributed by atoms with Crippen molar-refractivity contribution < 1.29 is 4.79 Å². The van der Waals surface area contributed by atoms with E-state index in [4.69, 9.17) is 11.6 Å². The minimum absolute atomic E-state index is 0.168. The van der Waals surface area contributed by atoms with Crippen LogP contribution in [0.1, 0.15) is 9.67 Å². The number of carbonyl (C=O) groups is 1. The molecule has 0 bridgehead atoms. The van der Waals surface area contributed by atoms with Gasteiger partial charge in [-0.05, 0) is 24.3 Å². The molecule has 1 aromatic heterocycles. The number of halogens is 1. The number of nitrogens with one attached hydrogen (secondary N) is 1. The summed E-state index contributed by atoms with van der Waals surface area (Å²) >= 11 is 7.16. The van der Waals surface area contributed by atoms with Crippen molar-refractivity contribution in [2.24, 2.45) is 0 Å². The first-order valence-corrected chi connectivity index (χ1v) is 7.55. The van der Waals surface area contributed by atoms with Crippen LogP contribution in [0.2, 0.25) is 5.02 Å². The summed E-state index contributed by atoms with van der Waals surface area (Å²) in [6, 6.07) is 16.7. The van der Waals surface area contributed by atoms with E-state index in [-0.39, 0.29) is 5.91 Å². The van der Waals surface area contributed by atoms with Crippen molar-refractivity contribution in [2.75, 3.05) is 5.32 Å². The lowest BCUT2D eigenvalue weighted by Gasteiger charge is -2.05. The van der Waals surface area contributed by atoms with E-state index in [1.165, 1.54) is 11.3 Å². The Morgan fingerprint density at radius 3 is 2.48 bits per heavy atom. The van der Waals surface area contributed by atoms with Crippen molar-refractivity contribution >= 4 is 34.5 Å². The summed E-state index contributed by atoms with van der Waals surface area (Å²) in [6.45, 7) is 0. The molecule has 0 fully saturated rings. The maximum atomic E-state index is 12.4. The molecule has 0 aliphatic heterocycles. The Kier molecular flexibility index (Phi) is 3.99. The van der Waals surface area contributed by atoms with E-state index >= 15 is 0 Å². The number of benzene rings is 2. The molecule has 0 spiro atoms. The average Bonchev–Trinajstić information content (AvgIpc) is 3.00. The first kappa shape index (κ1) is 13.8. The van der Waals surface area contributed by atoms with Gasteiger partial charge >= 0.3 is 0 Å². The van der Waals surface area contributed by atoms with Gasteiger partial charge in [0.2, 0.25) is 0 Å². The second kappa shape index (κ2) is 6.08. The van der Waals surface area contributed by atoms with Gasteiger partial charge < -0.3 is 5.32 Å². The van der Waals surface area contributed by atoms with Crippen LogP contribution in [0.5, 0.6) is 0 Å². The maximum absolute atomic E-state index is 12.4. The molecular formula is C16H11ClN2OS. The van der Waals surface area contributed by atoms with Crippen molar-refractivity contribution in [2.45, 2.75) is 0 Å². The molecule has 1 heterocycles. The Balaban J connectivity index is 1.86. The molecule has 3 nitrogen and oxygen atoms in total. The van der Waals surface area contributed by atoms with Gasteiger partial charge in [-0.2, -0.15) is 0 Å². The molecule has 1 amide bonds. The Hall–Kier alpha value is -2.17. The van der Waals surface area contributed by atoms with Gasteiger partial charge in [0, 0.05) is 16.3 Å². The SMILES string of the molecule is O=C(Nc1ccc(Cl)cc1)c1scnc1-c1ccccc1. The molecule has 2 aromatic carbocycles. The van der Waals surface area contributed by atoms with Gasteiger partial charge in [-0.1, -0.05) is 41.9 Å². The Bertz CT molecular complexity index is 753. The Morgan fingerprint density at radius 1 is 1.05 bits per heavy atom. The Labute approximate surface area is 131 Å². The number of amides is 1. The number of hydrogen-bond donors (Lipinski definition) is 1. The van der Waals surface area contributed by atoms with Crippen LogP contribution in [-0.4, -0.2) is 10.9 Å². The van der Waals surface area contributed by atoms with Gasteiger partial charge in [0.05, 0.1) is 11.2 Å². The summed E-state index contributed by atoms with van der Waals surface area (Å²) in [5, 5.41) is 3.49. The second-order valence-electron chi connectivity index (χ2n) is 4.36. The predicted octanol–water partition coefficient (Wildman–Crippen LogP) is 4.72. The van der Waals surface area contributed by atoms with Crippen molar-refractivity contribution in [3.63, 3.8) is 0 Å². The summed E-state index contributed by atoms with van der Waals surface area (Å²) in [6.07, 6.45) is 0. The molecule has 1 N–H and O–H groups in total. The molecule has 0 radical (unpaired) electrons. The van der Waals surface area contributed by atoms with Crippen molar-refractivity contribution in [1.29, 1.82) is 0 Å². The first-order valence-electron chi connectivity index (χ1n) is 6.30. The predicted molar refractivity (Wildman–Crippen MR) is 87.0 cm³/mol. The molecule has 0 saturated carbocycles. The molecule has 3 aromatic rings. The van der Waals surface area contributed by atoms with Crippen LogP contribution in [0, 0.1) is 0 Å². The molecule has 21 heavy (non-hydrogen) atoms. The fourth-order valence-electron chi connectivity index (χ4n) is 1.93. The van der Waals surface area contributed by atoms with E-state index in [0.29, 0.717) is 21.3 Å². The van der Waals surface area contributed by atoms with Crippen molar-refractivity contribution in [1.82, 2.24) is 4.98 Å². The van der Waals surface area contributed by atoms with Crippen LogP contribution in [0.25, 0.3) is 11.3 Å². The van der Waals surface area contributed by atoms with Crippen LogP contribution in [-0.2, 0) is 0 Å². The molecule has 0 unspecified atom stereocenters. The number of anilines is 1. The average molecular weight is 315 g/mol. The number of thiazole rings is 1. The smallest absolute Gasteiger partial charge is 0.268 e. The van der Waals surface area contributed by atoms with Gasteiger partial charge in [0.25, 0.3) is 5.91 Å². The molecule has 5 heteroatoms. The summed E-state index contributed by atoms with van der Waals surface area (Å²) in [5.74, 6) is -0.168. The van der Waals surface area contributed by atoms with E-state index in [1.54, 1.807) is 29.8 Å². The second-order valence-corrected chi connectivity index (χ2v) is 5.65. The van der Waals surface area contributed by atoms with Gasteiger partial charge in [0.15, 0.2) is 0 Å². The number of rotatable bonds is 3. The third-order valence-corrected chi connectivity index (χ3v) is 4.00. The lowest BCUT2D eigenvalue weighted by atomic mass is 10.1. The van der Waals surface area contributed by atoms with Gasteiger partial charge in [-0.15, -0.1) is 11.3 Å². The normalized spacial score (nSPS) is 10.3. The number of carbonyl (C=O) groups excluding carboxylic acids is 1. The van der Waals surface area contributed by atoms with Crippen LogP contribution < -0.4 is 5.32 Å². The molecule has 0 aliphatic carbocycles. The molecule has 104 valence electrons. The molecule has 0 atom stereocenters. The zero-order chi connectivity index (χ0) is 14.7.